The summed E-state index contributed by atoms with van der Waals surface area (Å²) in [5.41, 5.74) is 0.301. The number of nitrogens with zero attached hydrogens (tertiary/aromatic N) is 5. The summed E-state index contributed by atoms with van der Waals surface area (Å²) in [6, 6.07) is 6.89. The Kier molecular flexibility index (Phi) is 11.0. The van der Waals surface area contributed by atoms with Crippen LogP contribution in [0.15, 0.2) is 46.7 Å². The van der Waals surface area contributed by atoms with Gasteiger partial charge in [-0.25, -0.2) is 23.9 Å². The van der Waals surface area contributed by atoms with Gasteiger partial charge < -0.3 is 29.2 Å². The number of halogens is 1. The Morgan fingerprint density at radius 2 is 1.79 bits per heavy atom. The summed E-state index contributed by atoms with van der Waals surface area (Å²) in [5, 5.41) is 4.21. The number of hydrogen-bond acceptors (Lipinski definition) is 8. The van der Waals surface area contributed by atoms with Crippen LogP contribution in [0.1, 0.15) is 59.4 Å². The molecule has 3 aromatic rings. The molecular formula is C35H51FN6O4SSi. The Labute approximate surface area is 289 Å². The molecule has 1 aromatic carbocycles. The van der Waals surface area contributed by atoms with Crippen molar-refractivity contribution in [3.63, 3.8) is 0 Å². The SMILES string of the molecule is CC1(CNC(=O)OC(C)(C)C)CCN(c2cnc(Sc3cccc4c3c(F)cn4C3CCN(C(=O)OCC[Si](C)(C)C)CC3)cn2)CC1. The first kappa shape index (κ1) is 36.0. The molecule has 4 heterocycles. The number of alkyl carbamates (subject to hydrolysis) is 1. The maximum Gasteiger partial charge on any atom is 0.409 e. The van der Waals surface area contributed by atoms with Crippen molar-refractivity contribution >= 4 is 48.7 Å². The van der Waals surface area contributed by atoms with Crippen molar-refractivity contribution in [1.29, 1.82) is 0 Å². The van der Waals surface area contributed by atoms with Gasteiger partial charge >= 0.3 is 12.2 Å². The molecule has 0 radical (unpaired) electrons. The van der Waals surface area contributed by atoms with Crippen LogP contribution < -0.4 is 10.2 Å². The predicted octanol–water partition coefficient (Wildman–Crippen LogP) is 7.96. The molecule has 2 saturated heterocycles. The highest BCUT2D eigenvalue weighted by Gasteiger charge is 2.32. The van der Waals surface area contributed by atoms with Gasteiger partial charge in [0.2, 0.25) is 0 Å². The van der Waals surface area contributed by atoms with Gasteiger partial charge in [0.15, 0.2) is 0 Å². The molecule has 5 rings (SSSR count). The first-order valence-electron chi connectivity index (χ1n) is 17.0. The topological polar surface area (TPSA) is 102 Å². The Bertz CT molecular complexity index is 1570. The van der Waals surface area contributed by atoms with Crippen molar-refractivity contribution < 1.29 is 23.5 Å². The summed E-state index contributed by atoms with van der Waals surface area (Å²) in [6.07, 6.45) is 7.81. The molecule has 262 valence electrons. The zero-order chi connectivity index (χ0) is 34.7. The number of hydrogen-bond donors (Lipinski definition) is 1. The number of anilines is 1. The van der Waals surface area contributed by atoms with E-state index < -0.39 is 13.7 Å². The van der Waals surface area contributed by atoms with E-state index in [1.54, 1.807) is 23.5 Å². The van der Waals surface area contributed by atoms with E-state index in [0.717, 1.165) is 61.0 Å². The van der Waals surface area contributed by atoms with Crippen LogP contribution in [0.4, 0.5) is 19.8 Å². The molecule has 0 atom stereocenters. The Hall–Kier alpha value is -3.32. The summed E-state index contributed by atoms with van der Waals surface area (Å²) in [7, 11) is -1.27. The van der Waals surface area contributed by atoms with Crippen LogP contribution in [0.2, 0.25) is 25.7 Å². The lowest BCUT2D eigenvalue weighted by molar-refractivity contribution is 0.0495. The smallest absolute Gasteiger partial charge is 0.409 e. The van der Waals surface area contributed by atoms with Crippen LogP contribution in [-0.2, 0) is 9.47 Å². The molecule has 0 spiro atoms. The highest BCUT2D eigenvalue weighted by atomic mass is 32.2. The number of carbonyl (C=O) groups excluding carboxylic acids is 2. The van der Waals surface area contributed by atoms with Crippen LogP contribution in [0.3, 0.4) is 0 Å². The molecule has 2 aliphatic rings. The lowest BCUT2D eigenvalue weighted by Crippen LogP contribution is -2.45. The van der Waals surface area contributed by atoms with Crippen LogP contribution in [-0.4, -0.2) is 84.6 Å². The Balaban J connectivity index is 1.16. The molecule has 0 aliphatic carbocycles. The van der Waals surface area contributed by atoms with Gasteiger partial charge in [-0.15, -0.1) is 0 Å². The average molecular weight is 699 g/mol. The highest BCUT2D eigenvalue weighted by molar-refractivity contribution is 7.99. The van der Waals surface area contributed by atoms with Crippen molar-refractivity contribution in [1.82, 2.24) is 24.8 Å². The average Bonchev–Trinajstić information content (AvgIpc) is 3.36. The summed E-state index contributed by atoms with van der Waals surface area (Å²) in [4.78, 5) is 38.9. The fourth-order valence-corrected chi connectivity index (χ4v) is 7.77. The number of benzene rings is 1. The molecule has 1 N–H and O–H groups in total. The fraction of sp³-hybridized carbons (Fsp3) is 0.600. The van der Waals surface area contributed by atoms with Crippen LogP contribution in [0.5, 0.6) is 0 Å². The van der Waals surface area contributed by atoms with Gasteiger partial charge in [0.05, 0.1) is 24.5 Å². The molecule has 13 heteroatoms. The maximum absolute atomic E-state index is 15.5. The second-order valence-corrected chi connectivity index (χ2v) is 22.3. The molecular weight excluding hydrogens is 648 g/mol. The number of fused-ring (bicyclic) bond motifs is 1. The second kappa shape index (κ2) is 14.7. The van der Waals surface area contributed by atoms with Crippen molar-refractivity contribution in [2.45, 2.75) is 101 Å². The molecule has 10 nitrogen and oxygen atoms in total. The third-order valence-electron chi connectivity index (χ3n) is 9.15. The fourth-order valence-electron chi connectivity index (χ4n) is 6.17. The zero-order valence-corrected chi connectivity index (χ0v) is 31.3. The number of rotatable bonds is 9. The van der Waals surface area contributed by atoms with E-state index in [-0.39, 0.29) is 29.5 Å². The third kappa shape index (κ3) is 9.43. The summed E-state index contributed by atoms with van der Waals surface area (Å²) >= 11 is 1.41. The van der Waals surface area contributed by atoms with E-state index in [9.17, 15) is 9.59 Å². The molecule has 0 unspecified atom stereocenters. The largest absolute Gasteiger partial charge is 0.450 e. The minimum atomic E-state index is -1.27. The second-order valence-electron chi connectivity index (χ2n) is 15.6. The number of ether oxygens (including phenoxy) is 2. The Morgan fingerprint density at radius 3 is 2.42 bits per heavy atom. The molecule has 2 amide bonds. The van der Waals surface area contributed by atoms with E-state index in [1.165, 1.54) is 11.8 Å². The minimum absolute atomic E-state index is 0.0221. The van der Waals surface area contributed by atoms with Gasteiger partial charge in [-0.05, 0) is 70.0 Å². The molecule has 48 heavy (non-hydrogen) atoms. The van der Waals surface area contributed by atoms with Gasteiger partial charge in [0, 0.05) is 63.3 Å². The van der Waals surface area contributed by atoms with E-state index >= 15 is 4.39 Å². The van der Waals surface area contributed by atoms with E-state index in [1.807, 2.05) is 43.5 Å². The van der Waals surface area contributed by atoms with Crippen molar-refractivity contribution in [3.05, 3.63) is 42.6 Å². The number of amides is 2. The molecule has 2 fully saturated rings. The number of aromatic nitrogens is 3. The van der Waals surface area contributed by atoms with Gasteiger partial charge in [0.25, 0.3) is 0 Å². The van der Waals surface area contributed by atoms with Crippen molar-refractivity contribution in [2.24, 2.45) is 5.41 Å². The minimum Gasteiger partial charge on any atom is -0.450 e. The van der Waals surface area contributed by atoms with Crippen LogP contribution in [0, 0.1) is 11.2 Å². The first-order valence-corrected chi connectivity index (χ1v) is 21.5. The number of nitrogens with one attached hydrogen (secondary N) is 1. The van der Waals surface area contributed by atoms with E-state index in [4.69, 9.17) is 14.5 Å². The lowest BCUT2D eigenvalue weighted by atomic mass is 9.80. The standard InChI is InChI=1S/C35H51FN6O4SSi/c1-34(2,3)46-32(43)39-24-35(4)13-17-40(18-14-35)29-21-38-30(22-37-29)47-28-10-8-9-27-31(28)26(36)23-42(27)25-11-15-41(16-12-25)33(44)45-19-20-48(5,6)7/h8-10,21-23,25H,11-20,24H2,1-7H3,(H,39,43). The quantitative estimate of drug-likeness (QED) is 0.225. The van der Waals surface area contributed by atoms with Crippen LogP contribution in [0.25, 0.3) is 10.9 Å². The molecule has 0 bridgehead atoms. The Morgan fingerprint density at radius 1 is 1.08 bits per heavy atom. The monoisotopic (exact) mass is 698 g/mol. The third-order valence-corrected chi connectivity index (χ3v) is 11.8. The predicted molar refractivity (Wildman–Crippen MR) is 191 cm³/mol. The summed E-state index contributed by atoms with van der Waals surface area (Å²) < 4.78 is 28.5. The molecule has 2 aliphatic heterocycles. The first-order chi connectivity index (χ1) is 22.6. The molecule has 2 aromatic heterocycles. The molecule has 0 saturated carbocycles. The van der Waals surface area contributed by atoms with Crippen LogP contribution >= 0.6 is 11.8 Å². The van der Waals surface area contributed by atoms with Gasteiger partial charge in [0.1, 0.15) is 22.3 Å². The van der Waals surface area contributed by atoms with Gasteiger partial charge in [-0.2, -0.15) is 0 Å². The van der Waals surface area contributed by atoms with Crippen molar-refractivity contribution in [2.75, 3.05) is 44.2 Å². The summed E-state index contributed by atoms with van der Waals surface area (Å²) in [6.45, 7) is 18.4. The summed E-state index contributed by atoms with van der Waals surface area (Å²) in [5.74, 6) is 0.548. The van der Waals surface area contributed by atoms with Gasteiger partial charge in [-0.3, -0.25) is 0 Å². The highest BCUT2D eigenvalue weighted by Crippen LogP contribution is 2.38. The van der Waals surface area contributed by atoms with Crippen molar-refractivity contribution in [3.8, 4) is 0 Å². The lowest BCUT2D eigenvalue weighted by Gasteiger charge is -2.40. The number of piperidine rings is 2. The maximum atomic E-state index is 15.5. The van der Waals surface area contributed by atoms with E-state index in [2.05, 4.69) is 41.8 Å². The van der Waals surface area contributed by atoms with E-state index in [0.29, 0.717) is 36.7 Å². The zero-order valence-electron chi connectivity index (χ0n) is 29.5. The number of likely N-dealkylation sites (tertiary alicyclic amines) is 1. The number of carbonyl (C=O) groups is 2. The normalized spacial score (nSPS) is 17.4. The van der Waals surface area contributed by atoms with Gasteiger partial charge in [-0.1, -0.05) is 44.4 Å².